The first kappa shape index (κ1) is 15.3. The Balaban J connectivity index is 2.38. The van der Waals surface area contributed by atoms with Crippen molar-refractivity contribution in [1.29, 1.82) is 0 Å². The first-order valence-corrected chi connectivity index (χ1v) is 7.36. The zero-order chi connectivity index (χ0) is 13.5. The van der Waals surface area contributed by atoms with Crippen LogP contribution in [0.25, 0.3) is 0 Å². The molecule has 0 saturated heterocycles. The monoisotopic (exact) mass is 287 g/mol. The largest absolute Gasteiger partial charge is 0.365 e. The van der Waals surface area contributed by atoms with Gasteiger partial charge in [-0.25, -0.2) is 0 Å². The smallest absolute Gasteiger partial charge is 0.272 e. The molecule has 3 N–H and O–H groups in total. The molecule has 0 saturated carbocycles. The maximum Gasteiger partial charge on any atom is 0.272 e. The van der Waals surface area contributed by atoms with Gasteiger partial charge in [0.05, 0.1) is 12.6 Å². The van der Waals surface area contributed by atoms with E-state index in [1.165, 1.54) is 9.80 Å². The molecule has 0 heterocycles. The highest BCUT2D eigenvalue weighted by Crippen LogP contribution is 2.19. The third kappa shape index (κ3) is 5.76. The lowest BCUT2D eigenvalue weighted by atomic mass is 10.3. The van der Waals surface area contributed by atoms with Crippen LogP contribution >= 0.6 is 23.4 Å². The summed E-state index contributed by atoms with van der Waals surface area (Å²) < 4.78 is 0. The molecule has 3 nitrogen and oxygen atoms in total. The van der Waals surface area contributed by atoms with Crippen molar-refractivity contribution >= 4 is 29.3 Å². The summed E-state index contributed by atoms with van der Waals surface area (Å²) in [5.41, 5.74) is 5.25. The van der Waals surface area contributed by atoms with Crippen molar-refractivity contribution < 1.29 is 9.69 Å². The van der Waals surface area contributed by atoms with E-state index in [1.807, 2.05) is 24.3 Å². The Morgan fingerprint density at radius 3 is 2.50 bits per heavy atom. The summed E-state index contributed by atoms with van der Waals surface area (Å²) in [5.74, 6) is 0.720. The zero-order valence-corrected chi connectivity index (χ0v) is 12.4. The molecule has 0 radical (unpaired) electrons. The quantitative estimate of drug-likeness (QED) is 0.741. The van der Waals surface area contributed by atoms with Crippen LogP contribution in [-0.4, -0.2) is 30.8 Å². The maximum absolute atomic E-state index is 11.0. The number of primary amides is 1. The average Bonchev–Trinajstić information content (AvgIpc) is 2.29. The van der Waals surface area contributed by atoms with E-state index in [2.05, 4.69) is 13.8 Å². The van der Waals surface area contributed by atoms with Crippen LogP contribution in [0.4, 0.5) is 0 Å². The van der Waals surface area contributed by atoms with E-state index in [1.54, 1.807) is 11.8 Å². The normalized spacial score (nSPS) is 12.7. The van der Waals surface area contributed by atoms with Gasteiger partial charge in [-0.2, -0.15) is 0 Å². The van der Waals surface area contributed by atoms with Gasteiger partial charge in [-0.05, 0) is 38.1 Å². The molecule has 0 aliphatic carbocycles. The minimum absolute atomic E-state index is 0.241. The summed E-state index contributed by atoms with van der Waals surface area (Å²) in [6, 6.07) is 8.20. The Bertz CT molecular complexity index is 381. The highest BCUT2D eigenvalue weighted by molar-refractivity contribution is 7.99. The first-order valence-electron chi connectivity index (χ1n) is 6.00. The summed E-state index contributed by atoms with van der Waals surface area (Å²) >= 11 is 7.60. The lowest BCUT2D eigenvalue weighted by molar-refractivity contribution is -0.911. The number of thioether (sulfide) groups is 1. The molecule has 1 atom stereocenters. The van der Waals surface area contributed by atoms with Gasteiger partial charge in [0.2, 0.25) is 0 Å². The van der Waals surface area contributed by atoms with Crippen molar-refractivity contribution in [2.24, 2.45) is 5.73 Å². The van der Waals surface area contributed by atoms with Crippen molar-refractivity contribution in [3.63, 3.8) is 0 Å². The number of nitrogens with one attached hydrogen (secondary N) is 1. The highest BCUT2D eigenvalue weighted by Gasteiger charge is 2.15. The van der Waals surface area contributed by atoms with Crippen LogP contribution in [0.1, 0.15) is 13.8 Å². The molecular formula is C13H20ClN2OS+. The van der Waals surface area contributed by atoms with Gasteiger partial charge in [0, 0.05) is 15.7 Å². The Morgan fingerprint density at radius 1 is 1.39 bits per heavy atom. The fraction of sp³-hybridized carbons (Fsp3) is 0.462. The zero-order valence-electron chi connectivity index (χ0n) is 10.8. The molecule has 1 amide bonds. The van der Waals surface area contributed by atoms with Gasteiger partial charge < -0.3 is 10.6 Å². The van der Waals surface area contributed by atoms with E-state index in [0.717, 1.165) is 17.3 Å². The van der Waals surface area contributed by atoms with E-state index in [-0.39, 0.29) is 5.91 Å². The van der Waals surface area contributed by atoms with Gasteiger partial charge in [0.25, 0.3) is 5.91 Å². The summed E-state index contributed by atoms with van der Waals surface area (Å²) in [7, 11) is 0. The fourth-order valence-electron chi connectivity index (χ4n) is 1.64. The van der Waals surface area contributed by atoms with E-state index >= 15 is 0 Å². The molecule has 0 spiro atoms. The third-order valence-corrected chi connectivity index (χ3v) is 3.99. The molecular weight excluding hydrogens is 268 g/mol. The molecule has 100 valence electrons. The van der Waals surface area contributed by atoms with Crippen LogP contribution in [0.3, 0.4) is 0 Å². The summed E-state index contributed by atoms with van der Waals surface area (Å²) in [4.78, 5) is 13.4. The van der Waals surface area contributed by atoms with Crippen LogP contribution in [0.2, 0.25) is 5.02 Å². The molecule has 0 bridgehead atoms. The average molecular weight is 288 g/mol. The van der Waals surface area contributed by atoms with Gasteiger partial charge in [-0.15, -0.1) is 11.8 Å². The molecule has 1 rings (SSSR count). The Kier molecular flexibility index (Phi) is 6.54. The molecule has 1 aromatic rings. The van der Waals surface area contributed by atoms with E-state index in [9.17, 15) is 4.79 Å². The second kappa shape index (κ2) is 7.67. The number of benzene rings is 1. The van der Waals surface area contributed by atoms with Crippen molar-refractivity contribution in [2.45, 2.75) is 24.8 Å². The van der Waals surface area contributed by atoms with Crippen LogP contribution in [0.15, 0.2) is 29.2 Å². The molecule has 1 aromatic carbocycles. The summed E-state index contributed by atoms with van der Waals surface area (Å²) in [6.07, 6.45) is 0. The second-order valence-electron chi connectivity index (χ2n) is 4.51. The standard InChI is InChI=1S/C13H19ClN2OS/c1-10(2)16(9-13(15)17)7-8-18-12-5-3-11(14)4-6-12/h3-6,10H,7-9H2,1-2H3,(H2,15,17)/p+1. The SMILES string of the molecule is CC(C)[NH+](CCSc1ccc(Cl)cc1)CC(N)=O. The van der Waals surface area contributed by atoms with Crippen molar-refractivity contribution in [3.8, 4) is 0 Å². The van der Waals surface area contributed by atoms with Gasteiger partial charge in [0.1, 0.15) is 0 Å². The van der Waals surface area contributed by atoms with Gasteiger partial charge in [-0.3, -0.25) is 4.79 Å². The lowest BCUT2D eigenvalue weighted by Crippen LogP contribution is -3.16. The molecule has 0 fully saturated rings. The molecule has 1 unspecified atom stereocenters. The number of carbonyl (C=O) groups is 1. The second-order valence-corrected chi connectivity index (χ2v) is 6.11. The summed E-state index contributed by atoms with van der Waals surface area (Å²) in [6.45, 7) is 5.53. The maximum atomic E-state index is 11.0. The van der Waals surface area contributed by atoms with Crippen molar-refractivity contribution in [3.05, 3.63) is 29.3 Å². The van der Waals surface area contributed by atoms with Crippen molar-refractivity contribution in [2.75, 3.05) is 18.8 Å². The number of quaternary nitrogens is 1. The number of amides is 1. The lowest BCUT2D eigenvalue weighted by Gasteiger charge is -2.21. The first-order chi connectivity index (χ1) is 8.49. The van der Waals surface area contributed by atoms with Crippen LogP contribution < -0.4 is 10.6 Å². The Hall–Kier alpha value is -0.710. The predicted octanol–water partition coefficient (Wildman–Crippen LogP) is 1.21. The molecule has 0 aliphatic heterocycles. The topological polar surface area (TPSA) is 47.5 Å². The third-order valence-electron chi connectivity index (χ3n) is 2.72. The van der Waals surface area contributed by atoms with Gasteiger partial charge >= 0.3 is 0 Å². The van der Waals surface area contributed by atoms with Gasteiger partial charge in [0.15, 0.2) is 6.54 Å². The van der Waals surface area contributed by atoms with Crippen molar-refractivity contribution in [1.82, 2.24) is 0 Å². The van der Waals surface area contributed by atoms with E-state index < -0.39 is 0 Å². The van der Waals surface area contributed by atoms with Crippen LogP contribution in [0, 0.1) is 0 Å². The minimum Gasteiger partial charge on any atom is -0.365 e. The number of hydrogen-bond acceptors (Lipinski definition) is 2. The van der Waals surface area contributed by atoms with Gasteiger partial charge in [-0.1, -0.05) is 11.6 Å². The minimum atomic E-state index is -0.241. The number of nitrogens with two attached hydrogens (primary N) is 1. The Labute approximate surface area is 118 Å². The molecule has 18 heavy (non-hydrogen) atoms. The summed E-state index contributed by atoms with van der Waals surface area (Å²) in [5, 5.41) is 0.752. The van der Waals surface area contributed by atoms with Crippen LogP contribution in [0.5, 0.6) is 0 Å². The molecule has 5 heteroatoms. The van der Waals surface area contributed by atoms with E-state index in [0.29, 0.717) is 12.6 Å². The predicted molar refractivity (Wildman–Crippen MR) is 77.2 cm³/mol. The highest BCUT2D eigenvalue weighted by atomic mass is 35.5. The number of carbonyl (C=O) groups excluding carboxylic acids is 1. The fourth-order valence-corrected chi connectivity index (χ4v) is 2.69. The number of hydrogen-bond donors (Lipinski definition) is 2. The van der Waals surface area contributed by atoms with Crippen LogP contribution in [-0.2, 0) is 4.79 Å². The van der Waals surface area contributed by atoms with E-state index in [4.69, 9.17) is 17.3 Å². The number of rotatable bonds is 7. The molecule has 0 aromatic heterocycles. The Morgan fingerprint density at radius 2 is 2.00 bits per heavy atom. The number of halogens is 1. The molecule has 0 aliphatic rings.